The van der Waals surface area contributed by atoms with Gasteiger partial charge in [0.15, 0.2) is 0 Å². The second-order valence-corrected chi connectivity index (χ2v) is 5.87. The van der Waals surface area contributed by atoms with Crippen LogP contribution in [0.5, 0.6) is 0 Å². The van der Waals surface area contributed by atoms with Crippen LogP contribution in [0.1, 0.15) is 12.5 Å². The summed E-state index contributed by atoms with van der Waals surface area (Å²) in [7, 11) is 1.98. The molecule has 0 radical (unpaired) electrons. The SMILES string of the molecule is CCn1c2ccc(CNC)cc2c2ccc(-c3ccoc3)cc21. The van der Waals surface area contributed by atoms with Crippen LogP contribution in [0.4, 0.5) is 0 Å². The van der Waals surface area contributed by atoms with Crippen LogP contribution >= 0.6 is 0 Å². The van der Waals surface area contributed by atoms with Gasteiger partial charge in [0.1, 0.15) is 0 Å². The van der Waals surface area contributed by atoms with Gasteiger partial charge in [0, 0.05) is 40.5 Å². The summed E-state index contributed by atoms with van der Waals surface area (Å²) in [4.78, 5) is 0. The Morgan fingerprint density at radius 2 is 1.87 bits per heavy atom. The lowest BCUT2D eigenvalue weighted by atomic mass is 10.1. The van der Waals surface area contributed by atoms with Crippen LogP contribution in [0.2, 0.25) is 0 Å². The maximum atomic E-state index is 5.23. The van der Waals surface area contributed by atoms with Crippen molar-refractivity contribution in [3.63, 3.8) is 0 Å². The Bertz CT molecular complexity index is 964. The first-order valence-electron chi connectivity index (χ1n) is 8.04. The third-order valence-electron chi connectivity index (χ3n) is 4.48. The van der Waals surface area contributed by atoms with Crippen molar-refractivity contribution in [3.8, 4) is 11.1 Å². The molecule has 116 valence electrons. The summed E-state index contributed by atoms with van der Waals surface area (Å²) >= 11 is 0. The molecule has 0 aliphatic carbocycles. The average Bonchev–Trinajstić information content (AvgIpc) is 3.20. The van der Waals surface area contributed by atoms with Gasteiger partial charge in [0.25, 0.3) is 0 Å². The first kappa shape index (κ1) is 14.1. The molecule has 0 atom stereocenters. The molecule has 4 aromatic rings. The largest absolute Gasteiger partial charge is 0.472 e. The van der Waals surface area contributed by atoms with Crippen LogP contribution in [0.15, 0.2) is 59.4 Å². The first-order chi connectivity index (χ1) is 11.3. The van der Waals surface area contributed by atoms with Crippen molar-refractivity contribution < 1.29 is 4.42 Å². The van der Waals surface area contributed by atoms with E-state index in [1.54, 1.807) is 12.5 Å². The minimum atomic E-state index is 0.891. The molecule has 0 spiro atoms. The molecule has 2 heterocycles. The first-order valence-corrected chi connectivity index (χ1v) is 8.04. The Morgan fingerprint density at radius 1 is 0.957 bits per heavy atom. The van der Waals surface area contributed by atoms with Gasteiger partial charge in [0.2, 0.25) is 0 Å². The Kier molecular flexibility index (Phi) is 3.43. The van der Waals surface area contributed by atoms with Gasteiger partial charge >= 0.3 is 0 Å². The fourth-order valence-electron chi connectivity index (χ4n) is 3.41. The fourth-order valence-corrected chi connectivity index (χ4v) is 3.41. The van der Waals surface area contributed by atoms with Crippen LogP contribution in [-0.4, -0.2) is 11.6 Å². The van der Waals surface area contributed by atoms with Gasteiger partial charge in [-0.25, -0.2) is 0 Å². The summed E-state index contributed by atoms with van der Waals surface area (Å²) in [5, 5.41) is 5.87. The molecule has 0 fully saturated rings. The second-order valence-electron chi connectivity index (χ2n) is 5.87. The van der Waals surface area contributed by atoms with Gasteiger partial charge in [-0.05, 0) is 49.4 Å². The molecule has 0 aliphatic heterocycles. The van der Waals surface area contributed by atoms with Crippen molar-refractivity contribution in [2.24, 2.45) is 0 Å². The molecule has 0 aliphatic rings. The maximum absolute atomic E-state index is 5.23. The monoisotopic (exact) mass is 304 g/mol. The van der Waals surface area contributed by atoms with Gasteiger partial charge in [-0.1, -0.05) is 18.2 Å². The quantitative estimate of drug-likeness (QED) is 0.587. The lowest BCUT2D eigenvalue weighted by molar-refractivity contribution is 0.568. The minimum Gasteiger partial charge on any atom is -0.472 e. The highest BCUT2D eigenvalue weighted by Crippen LogP contribution is 2.33. The molecule has 0 bridgehead atoms. The van der Waals surface area contributed by atoms with Gasteiger partial charge < -0.3 is 14.3 Å². The number of hydrogen-bond acceptors (Lipinski definition) is 2. The average molecular weight is 304 g/mol. The summed E-state index contributed by atoms with van der Waals surface area (Å²) in [6, 6.07) is 15.4. The predicted octanol–water partition coefficient (Wildman–Crippen LogP) is 4.79. The van der Waals surface area contributed by atoms with Crippen LogP contribution in [0.3, 0.4) is 0 Å². The molecule has 0 saturated heterocycles. The summed E-state index contributed by atoms with van der Waals surface area (Å²) in [5.74, 6) is 0. The van der Waals surface area contributed by atoms with E-state index in [0.29, 0.717) is 0 Å². The number of benzene rings is 2. The Labute approximate surface area is 135 Å². The lowest BCUT2D eigenvalue weighted by Gasteiger charge is -2.05. The summed E-state index contributed by atoms with van der Waals surface area (Å²) in [6.07, 6.45) is 3.52. The summed E-state index contributed by atoms with van der Waals surface area (Å²) in [5.41, 5.74) is 6.21. The molecule has 2 aromatic heterocycles. The van der Waals surface area contributed by atoms with Crippen molar-refractivity contribution >= 4 is 21.8 Å². The number of furan rings is 1. The Morgan fingerprint density at radius 3 is 2.61 bits per heavy atom. The number of rotatable bonds is 4. The summed E-state index contributed by atoms with van der Waals surface area (Å²) < 4.78 is 7.61. The molecular weight excluding hydrogens is 284 g/mol. The molecule has 2 aromatic carbocycles. The highest BCUT2D eigenvalue weighted by molar-refractivity contribution is 6.09. The van der Waals surface area contributed by atoms with Crippen LogP contribution in [0, 0.1) is 0 Å². The van der Waals surface area contributed by atoms with E-state index in [0.717, 1.165) is 18.7 Å². The van der Waals surface area contributed by atoms with E-state index in [1.807, 2.05) is 13.1 Å². The smallest absolute Gasteiger partial charge is 0.0980 e. The molecule has 4 rings (SSSR count). The molecular formula is C20H20N2O. The Balaban J connectivity index is 1.99. The van der Waals surface area contributed by atoms with Crippen LogP contribution in [0.25, 0.3) is 32.9 Å². The van der Waals surface area contributed by atoms with E-state index in [1.165, 1.54) is 32.9 Å². The zero-order valence-corrected chi connectivity index (χ0v) is 13.5. The highest BCUT2D eigenvalue weighted by Gasteiger charge is 2.11. The second kappa shape index (κ2) is 5.60. The Hall–Kier alpha value is -2.52. The van der Waals surface area contributed by atoms with Crippen molar-refractivity contribution in [2.45, 2.75) is 20.0 Å². The number of aryl methyl sites for hydroxylation is 1. The zero-order chi connectivity index (χ0) is 15.8. The van der Waals surface area contributed by atoms with E-state index >= 15 is 0 Å². The molecule has 0 amide bonds. The maximum Gasteiger partial charge on any atom is 0.0980 e. The molecule has 3 heteroatoms. The molecule has 3 nitrogen and oxygen atoms in total. The molecule has 0 saturated carbocycles. The summed E-state index contributed by atoms with van der Waals surface area (Å²) in [6.45, 7) is 4.05. The fraction of sp³-hybridized carbons (Fsp3) is 0.200. The number of aromatic nitrogens is 1. The standard InChI is InChI=1S/C20H20N2O/c1-3-22-19-7-4-14(12-21-2)10-18(19)17-6-5-15(11-20(17)22)16-8-9-23-13-16/h4-11,13,21H,3,12H2,1-2H3. The third kappa shape index (κ3) is 2.25. The third-order valence-corrected chi connectivity index (χ3v) is 4.48. The number of fused-ring (bicyclic) bond motifs is 3. The minimum absolute atomic E-state index is 0.891. The van der Waals surface area contributed by atoms with Gasteiger partial charge in [-0.15, -0.1) is 0 Å². The van der Waals surface area contributed by atoms with Gasteiger partial charge in [-0.2, -0.15) is 0 Å². The number of hydrogen-bond donors (Lipinski definition) is 1. The van der Waals surface area contributed by atoms with E-state index in [-0.39, 0.29) is 0 Å². The number of nitrogens with zero attached hydrogens (tertiary/aromatic N) is 1. The topological polar surface area (TPSA) is 30.1 Å². The van der Waals surface area contributed by atoms with Gasteiger partial charge in [0.05, 0.1) is 12.5 Å². The van der Waals surface area contributed by atoms with E-state index < -0.39 is 0 Å². The van der Waals surface area contributed by atoms with Crippen molar-refractivity contribution in [3.05, 3.63) is 60.6 Å². The molecule has 1 N–H and O–H groups in total. The van der Waals surface area contributed by atoms with E-state index in [9.17, 15) is 0 Å². The van der Waals surface area contributed by atoms with Crippen molar-refractivity contribution in [2.75, 3.05) is 7.05 Å². The van der Waals surface area contributed by atoms with Crippen LogP contribution < -0.4 is 5.32 Å². The lowest BCUT2D eigenvalue weighted by Crippen LogP contribution is -2.04. The highest BCUT2D eigenvalue weighted by atomic mass is 16.3. The molecule has 0 unspecified atom stereocenters. The number of nitrogens with one attached hydrogen (secondary N) is 1. The van der Waals surface area contributed by atoms with Crippen molar-refractivity contribution in [1.29, 1.82) is 0 Å². The predicted molar refractivity (Wildman–Crippen MR) is 95.6 cm³/mol. The van der Waals surface area contributed by atoms with Gasteiger partial charge in [-0.3, -0.25) is 0 Å². The molecule has 23 heavy (non-hydrogen) atoms. The van der Waals surface area contributed by atoms with Crippen LogP contribution in [-0.2, 0) is 13.1 Å². The zero-order valence-electron chi connectivity index (χ0n) is 13.5. The van der Waals surface area contributed by atoms with E-state index in [2.05, 4.69) is 53.2 Å². The van der Waals surface area contributed by atoms with E-state index in [4.69, 9.17) is 4.42 Å². The van der Waals surface area contributed by atoms with Crippen molar-refractivity contribution in [1.82, 2.24) is 9.88 Å². The normalized spacial score (nSPS) is 11.6.